The van der Waals surface area contributed by atoms with Gasteiger partial charge in [-0.2, -0.15) is 0 Å². The molecule has 1 saturated heterocycles. The highest BCUT2D eigenvalue weighted by atomic mass is 16.7. The number of esters is 1. The van der Waals surface area contributed by atoms with E-state index in [1.807, 2.05) is 6.07 Å². The van der Waals surface area contributed by atoms with Crippen molar-refractivity contribution in [3.05, 3.63) is 23.5 Å². The summed E-state index contributed by atoms with van der Waals surface area (Å²) in [6.07, 6.45) is 5.58. The number of aliphatic hydroxyl groups is 4. The second-order valence-corrected chi connectivity index (χ2v) is 11.6. The van der Waals surface area contributed by atoms with Crippen LogP contribution in [0.5, 0.6) is 11.5 Å². The largest absolute Gasteiger partial charge is 0.483 e. The highest BCUT2D eigenvalue weighted by Crippen LogP contribution is 2.47. The van der Waals surface area contributed by atoms with Crippen molar-refractivity contribution < 1.29 is 48.6 Å². The zero-order valence-electron chi connectivity index (χ0n) is 23.8. The van der Waals surface area contributed by atoms with Gasteiger partial charge in [-0.3, -0.25) is 4.79 Å². The molecule has 2 aromatic rings. The number of aliphatic hydroxyl groups excluding tert-OH is 4. The van der Waals surface area contributed by atoms with Crippen molar-refractivity contribution >= 4 is 16.9 Å². The normalized spacial score (nSPS) is 28.1. The second kappa shape index (κ2) is 13.7. The van der Waals surface area contributed by atoms with E-state index in [0.717, 1.165) is 68.7 Å². The number of furan rings is 1. The number of hydrogen-bond donors (Lipinski definition) is 4. The Balaban J connectivity index is 1.59. The number of ether oxygens (including phenoxy) is 4. The van der Waals surface area contributed by atoms with E-state index in [0.29, 0.717) is 22.8 Å². The molecule has 0 amide bonds. The fourth-order valence-corrected chi connectivity index (χ4v) is 6.45. The van der Waals surface area contributed by atoms with Crippen molar-refractivity contribution in [2.75, 3.05) is 13.2 Å². The van der Waals surface area contributed by atoms with Gasteiger partial charge in [-0.15, -0.1) is 0 Å². The Hall–Kier alpha value is -2.37. The molecule has 2 saturated carbocycles. The topological polar surface area (TPSA) is 148 Å². The Labute approximate surface area is 240 Å². The summed E-state index contributed by atoms with van der Waals surface area (Å²) in [5.74, 6) is 0.650. The number of fused-ring (bicyclic) bond motifs is 1. The predicted octanol–water partition coefficient (Wildman–Crippen LogP) is 3.87. The molecule has 3 fully saturated rings. The Kier molecular flexibility index (Phi) is 10.1. The molecule has 0 spiro atoms. The van der Waals surface area contributed by atoms with Crippen LogP contribution < -0.4 is 9.47 Å². The van der Waals surface area contributed by atoms with Crippen LogP contribution in [0.1, 0.15) is 94.6 Å². The Bertz CT molecular complexity index is 1150. The summed E-state index contributed by atoms with van der Waals surface area (Å²) in [6.45, 7) is 1.46. The monoisotopic (exact) mass is 576 g/mol. The summed E-state index contributed by atoms with van der Waals surface area (Å²) in [4.78, 5) is 12.4. The van der Waals surface area contributed by atoms with E-state index in [-0.39, 0.29) is 37.3 Å². The third-order valence-corrected chi connectivity index (χ3v) is 8.75. The summed E-state index contributed by atoms with van der Waals surface area (Å²) in [7, 11) is 0. The third-order valence-electron chi connectivity index (χ3n) is 8.75. The molecule has 0 radical (unpaired) electrons. The summed E-state index contributed by atoms with van der Waals surface area (Å²) in [6, 6.07) is 1.97. The van der Waals surface area contributed by atoms with Crippen LogP contribution in [0.3, 0.4) is 0 Å². The first kappa shape index (κ1) is 30.1. The number of carbonyl (C=O) groups excluding carboxylic acids is 1. The molecule has 1 aliphatic heterocycles. The third kappa shape index (κ3) is 6.67. The highest BCUT2D eigenvalue weighted by Gasteiger charge is 2.45. The van der Waals surface area contributed by atoms with Gasteiger partial charge < -0.3 is 43.8 Å². The molecule has 10 heteroatoms. The molecule has 2 heterocycles. The van der Waals surface area contributed by atoms with Crippen LogP contribution >= 0.6 is 0 Å². The summed E-state index contributed by atoms with van der Waals surface area (Å²) < 4.78 is 30.0. The minimum Gasteiger partial charge on any atom is -0.483 e. The van der Waals surface area contributed by atoms with Gasteiger partial charge in [-0.05, 0) is 69.4 Å². The van der Waals surface area contributed by atoms with Crippen LogP contribution in [0.4, 0.5) is 0 Å². The number of hydrogen-bond acceptors (Lipinski definition) is 10. The van der Waals surface area contributed by atoms with Gasteiger partial charge in [0.2, 0.25) is 12.0 Å². The fraction of sp³-hybridized carbons (Fsp3) is 0.710. The van der Waals surface area contributed by atoms with Crippen molar-refractivity contribution in [1.82, 2.24) is 0 Å². The van der Waals surface area contributed by atoms with Crippen molar-refractivity contribution in [3.63, 3.8) is 0 Å². The highest BCUT2D eigenvalue weighted by molar-refractivity contribution is 5.90. The molecule has 41 heavy (non-hydrogen) atoms. The quantitative estimate of drug-likeness (QED) is 0.307. The van der Waals surface area contributed by atoms with E-state index in [2.05, 4.69) is 0 Å². The fourth-order valence-electron chi connectivity index (χ4n) is 6.45. The van der Waals surface area contributed by atoms with E-state index >= 15 is 0 Å². The van der Waals surface area contributed by atoms with E-state index in [9.17, 15) is 25.2 Å². The average molecular weight is 577 g/mol. The van der Waals surface area contributed by atoms with E-state index in [4.69, 9.17) is 23.4 Å². The Morgan fingerprint density at radius 1 is 0.927 bits per heavy atom. The van der Waals surface area contributed by atoms with Gasteiger partial charge in [0.05, 0.1) is 25.6 Å². The molecule has 3 aliphatic rings. The maximum atomic E-state index is 12.4. The molecule has 10 nitrogen and oxygen atoms in total. The molecule has 0 bridgehead atoms. The predicted molar refractivity (Wildman–Crippen MR) is 149 cm³/mol. The summed E-state index contributed by atoms with van der Waals surface area (Å²) in [5, 5.41) is 42.1. The van der Waals surface area contributed by atoms with Gasteiger partial charge in [0.1, 0.15) is 24.4 Å². The molecule has 1 aromatic carbocycles. The van der Waals surface area contributed by atoms with Crippen LogP contribution in [0, 0.1) is 0 Å². The van der Waals surface area contributed by atoms with Crippen LogP contribution in [-0.4, -0.2) is 76.4 Å². The molecule has 5 rings (SSSR count). The number of benzene rings is 1. The van der Waals surface area contributed by atoms with Crippen LogP contribution in [0.2, 0.25) is 0 Å². The number of rotatable bonds is 10. The van der Waals surface area contributed by atoms with Gasteiger partial charge in [-0.1, -0.05) is 25.7 Å². The molecule has 228 valence electrons. The maximum Gasteiger partial charge on any atom is 0.306 e. The number of carbonyl (C=O) groups is 1. The molecule has 2 aliphatic carbocycles. The molecule has 4 N–H and O–H groups in total. The smallest absolute Gasteiger partial charge is 0.306 e. The summed E-state index contributed by atoms with van der Waals surface area (Å²) in [5.41, 5.74) is 2.31. The second-order valence-electron chi connectivity index (χ2n) is 11.6. The molecular weight excluding hydrogens is 532 g/mol. The van der Waals surface area contributed by atoms with Crippen LogP contribution in [0.15, 0.2) is 16.7 Å². The van der Waals surface area contributed by atoms with Crippen molar-refractivity contribution in [2.45, 2.75) is 127 Å². The first-order valence-electron chi connectivity index (χ1n) is 15.3. The SMILES string of the molecule is CCOC(=O)CCc1cc2c(C3CCCCC3)coc2c(OC2CCCCC2)c1O[C@@H]1O[C@H](CO)[C@@H](O)[C@H](O)[C@H]1O. The van der Waals surface area contributed by atoms with Crippen molar-refractivity contribution in [2.24, 2.45) is 0 Å². The molecule has 1 aromatic heterocycles. The zero-order valence-corrected chi connectivity index (χ0v) is 23.8. The standard InChI is InChI=1S/C31H44O10/c1-2-37-24(33)14-13-19-15-21-22(18-9-5-3-6-10-18)17-38-29(21)30(39-20-11-7-4-8-12-20)28(19)41-31-27(36)26(35)25(34)23(16-32)40-31/h15,17-18,20,23,25-27,31-32,34-36H,2-14,16H2,1H3/t23-,25-,26+,27-,31+/m1/s1. The lowest BCUT2D eigenvalue weighted by atomic mass is 9.83. The van der Waals surface area contributed by atoms with Crippen LogP contribution in [0.25, 0.3) is 11.0 Å². The number of aryl methyl sites for hydroxylation is 1. The van der Waals surface area contributed by atoms with E-state index in [1.54, 1.807) is 13.2 Å². The van der Waals surface area contributed by atoms with Crippen LogP contribution in [-0.2, 0) is 20.7 Å². The molecular formula is C31H44O10. The first-order chi connectivity index (χ1) is 19.9. The zero-order chi connectivity index (χ0) is 28.9. The van der Waals surface area contributed by atoms with Crippen molar-refractivity contribution in [3.8, 4) is 11.5 Å². The van der Waals surface area contributed by atoms with E-state index < -0.39 is 37.3 Å². The van der Waals surface area contributed by atoms with Crippen molar-refractivity contribution in [1.29, 1.82) is 0 Å². The van der Waals surface area contributed by atoms with Gasteiger partial charge in [0.25, 0.3) is 0 Å². The lowest BCUT2D eigenvalue weighted by molar-refractivity contribution is -0.277. The Morgan fingerprint density at radius 2 is 1.63 bits per heavy atom. The lowest BCUT2D eigenvalue weighted by Gasteiger charge is -2.40. The Morgan fingerprint density at radius 3 is 2.32 bits per heavy atom. The van der Waals surface area contributed by atoms with Gasteiger partial charge in [-0.25, -0.2) is 0 Å². The first-order valence-corrected chi connectivity index (χ1v) is 15.3. The maximum absolute atomic E-state index is 12.4. The summed E-state index contributed by atoms with van der Waals surface area (Å²) >= 11 is 0. The lowest BCUT2D eigenvalue weighted by Crippen LogP contribution is -2.60. The minimum absolute atomic E-state index is 0.0624. The average Bonchev–Trinajstić information content (AvgIpc) is 3.42. The van der Waals surface area contributed by atoms with E-state index in [1.165, 1.54) is 6.42 Å². The van der Waals surface area contributed by atoms with Gasteiger partial charge >= 0.3 is 5.97 Å². The van der Waals surface area contributed by atoms with Gasteiger partial charge in [0.15, 0.2) is 11.3 Å². The molecule has 0 unspecified atom stereocenters. The van der Waals surface area contributed by atoms with Gasteiger partial charge in [0, 0.05) is 17.4 Å². The molecule has 5 atom stereocenters. The minimum atomic E-state index is -1.60.